The van der Waals surface area contributed by atoms with Crippen LogP contribution in [-0.4, -0.2) is 37.2 Å². The maximum Gasteiger partial charge on any atom is 0.227 e. The smallest absolute Gasteiger partial charge is 0.227 e. The first-order valence-corrected chi connectivity index (χ1v) is 13.7. The van der Waals surface area contributed by atoms with Crippen molar-refractivity contribution in [3.8, 4) is 11.3 Å². The molecule has 2 N–H and O–H groups in total. The Kier molecular flexibility index (Phi) is 7.48. The Labute approximate surface area is 221 Å². The minimum Gasteiger partial charge on any atom is -0.394 e. The number of aliphatic hydroxyl groups is 1. The number of aliphatic hydroxyl groups excluding tert-OH is 1. The third kappa shape index (κ3) is 5.81. The van der Waals surface area contributed by atoms with Crippen molar-refractivity contribution in [3.63, 3.8) is 0 Å². The number of hydrogen-bond donors (Lipinski definition) is 2. The van der Waals surface area contributed by atoms with Gasteiger partial charge in [0, 0.05) is 28.8 Å². The van der Waals surface area contributed by atoms with Gasteiger partial charge in [0.1, 0.15) is 0 Å². The number of hydrogen-bond acceptors (Lipinski definition) is 7. The fourth-order valence-electron chi connectivity index (χ4n) is 4.90. The molecule has 1 aromatic carbocycles. The van der Waals surface area contributed by atoms with Crippen LogP contribution in [0.1, 0.15) is 51.0 Å². The summed E-state index contributed by atoms with van der Waals surface area (Å²) in [4.78, 5) is 24.2. The number of nitrogens with one attached hydrogen (secondary N) is 1. The van der Waals surface area contributed by atoms with Crippen LogP contribution in [0.25, 0.3) is 11.3 Å². The summed E-state index contributed by atoms with van der Waals surface area (Å²) in [7, 11) is 0. The van der Waals surface area contributed by atoms with Gasteiger partial charge in [0.15, 0.2) is 5.78 Å². The summed E-state index contributed by atoms with van der Waals surface area (Å²) in [6.07, 6.45) is 9.29. The van der Waals surface area contributed by atoms with Crippen molar-refractivity contribution < 1.29 is 9.90 Å². The van der Waals surface area contributed by atoms with Crippen molar-refractivity contribution >= 4 is 28.8 Å². The molecule has 1 unspecified atom stereocenters. The zero-order valence-electron chi connectivity index (χ0n) is 21.6. The summed E-state index contributed by atoms with van der Waals surface area (Å²) in [6, 6.07) is 10.5. The lowest BCUT2D eigenvalue weighted by Gasteiger charge is -2.10. The minimum atomic E-state index is 0.0382. The molecule has 1 aliphatic rings. The van der Waals surface area contributed by atoms with Gasteiger partial charge in [-0.15, -0.1) is 11.3 Å². The first-order valence-electron chi connectivity index (χ1n) is 12.9. The van der Waals surface area contributed by atoms with Crippen LogP contribution in [-0.2, 0) is 19.4 Å². The van der Waals surface area contributed by atoms with Gasteiger partial charge in [0.2, 0.25) is 5.95 Å². The summed E-state index contributed by atoms with van der Waals surface area (Å²) < 4.78 is 1.67. The van der Waals surface area contributed by atoms with Gasteiger partial charge in [-0.25, -0.2) is 9.97 Å². The Morgan fingerprint density at radius 3 is 2.84 bits per heavy atom. The van der Waals surface area contributed by atoms with E-state index in [9.17, 15) is 4.79 Å². The number of carbonyl (C=O) groups excluding carboxylic acids is 1. The van der Waals surface area contributed by atoms with E-state index in [0.29, 0.717) is 24.2 Å². The molecule has 37 heavy (non-hydrogen) atoms. The summed E-state index contributed by atoms with van der Waals surface area (Å²) >= 11 is 1.68. The zero-order valence-corrected chi connectivity index (χ0v) is 22.4. The Bertz CT molecular complexity index is 1410. The van der Waals surface area contributed by atoms with Crippen molar-refractivity contribution in [2.45, 2.75) is 53.0 Å². The summed E-state index contributed by atoms with van der Waals surface area (Å²) in [5, 5.41) is 16.4. The van der Waals surface area contributed by atoms with E-state index in [0.717, 1.165) is 47.5 Å². The van der Waals surface area contributed by atoms with Crippen molar-refractivity contribution in [3.05, 3.63) is 75.4 Å². The molecule has 4 aromatic rings. The number of nitrogens with zero attached hydrogens (tertiary/aromatic N) is 4. The quantitative estimate of drug-likeness (QED) is 0.246. The maximum atomic E-state index is 12.9. The molecule has 0 spiro atoms. The largest absolute Gasteiger partial charge is 0.394 e. The van der Waals surface area contributed by atoms with E-state index in [2.05, 4.69) is 65.4 Å². The lowest BCUT2D eigenvalue weighted by molar-refractivity contribution is 0.0964. The Hall–Kier alpha value is -3.36. The number of benzene rings is 1. The molecule has 7 nitrogen and oxygen atoms in total. The standard InChI is InChI=1S/C29H33N5O2S/c1-4-26-19(3)14-27(37-26)28(36)24-15-21(24)7-5-20-6-8-22(13-18(20)2)25-9-10-30-29(33-25)32-23-16-31-34(17-23)11-12-35/h6,8-10,13-14,16-17,21,24,35H,4-5,7,11-12,15H2,1-3H3,(H,30,32,33)/t21-,24?/m0/s1. The fraction of sp³-hybridized carbons (Fsp3) is 0.379. The van der Waals surface area contributed by atoms with Crippen LogP contribution in [0.5, 0.6) is 0 Å². The molecule has 0 saturated heterocycles. The Morgan fingerprint density at radius 2 is 2.08 bits per heavy atom. The van der Waals surface area contributed by atoms with Crippen molar-refractivity contribution in [2.75, 3.05) is 11.9 Å². The van der Waals surface area contributed by atoms with Gasteiger partial charge >= 0.3 is 0 Å². The fourth-order valence-corrected chi connectivity index (χ4v) is 6.02. The second kappa shape index (κ2) is 10.9. The van der Waals surface area contributed by atoms with E-state index < -0.39 is 0 Å². The first-order chi connectivity index (χ1) is 17.9. The van der Waals surface area contributed by atoms with E-state index >= 15 is 0 Å². The number of rotatable bonds is 11. The van der Waals surface area contributed by atoms with Gasteiger partial charge in [0.25, 0.3) is 0 Å². The van der Waals surface area contributed by atoms with Crippen molar-refractivity contribution in [1.29, 1.82) is 0 Å². The van der Waals surface area contributed by atoms with Gasteiger partial charge in [-0.05, 0) is 80.3 Å². The second-order valence-electron chi connectivity index (χ2n) is 9.82. The second-order valence-corrected chi connectivity index (χ2v) is 11.0. The molecule has 192 valence electrons. The highest BCUT2D eigenvalue weighted by atomic mass is 32.1. The van der Waals surface area contributed by atoms with Gasteiger partial charge in [-0.3, -0.25) is 9.48 Å². The van der Waals surface area contributed by atoms with Gasteiger partial charge in [-0.2, -0.15) is 5.10 Å². The molecule has 1 aliphatic carbocycles. The predicted molar refractivity (Wildman–Crippen MR) is 147 cm³/mol. The zero-order chi connectivity index (χ0) is 25.9. The number of anilines is 2. The van der Waals surface area contributed by atoms with E-state index in [1.54, 1.807) is 28.4 Å². The van der Waals surface area contributed by atoms with Gasteiger partial charge < -0.3 is 10.4 Å². The lowest BCUT2D eigenvalue weighted by Crippen LogP contribution is -2.02. The average Bonchev–Trinajstić information content (AvgIpc) is 3.38. The molecule has 1 saturated carbocycles. The van der Waals surface area contributed by atoms with Gasteiger partial charge in [0.05, 0.1) is 35.6 Å². The molecule has 3 aromatic heterocycles. The average molecular weight is 516 g/mol. The highest BCUT2D eigenvalue weighted by Crippen LogP contribution is 2.45. The first kappa shape index (κ1) is 25.3. The molecule has 0 aliphatic heterocycles. The van der Waals surface area contributed by atoms with Gasteiger partial charge in [-0.1, -0.05) is 19.1 Å². The third-order valence-corrected chi connectivity index (χ3v) is 8.54. The lowest BCUT2D eigenvalue weighted by atomic mass is 9.98. The predicted octanol–water partition coefficient (Wildman–Crippen LogP) is 5.77. The number of aromatic nitrogens is 4. The monoisotopic (exact) mass is 515 g/mol. The number of aryl methyl sites for hydroxylation is 4. The van der Waals surface area contributed by atoms with Crippen LogP contribution in [0.2, 0.25) is 0 Å². The van der Waals surface area contributed by atoms with Crippen molar-refractivity contribution in [1.82, 2.24) is 19.7 Å². The molecule has 0 amide bonds. The highest BCUT2D eigenvalue weighted by molar-refractivity contribution is 7.14. The molecule has 3 heterocycles. The van der Waals surface area contributed by atoms with Crippen LogP contribution in [0.3, 0.4) is 0 Å². The molecular formula is C29H33N5O2S. The molecule has 0 bridgehead atoms. The highest BCUT2D eigenvalue weighted by Gasteiger charge is 2.43. The number of ketones is 1. The van der Waals surface area contributed by atoms with Crippen LogP contribution < -0.4 is 5.32 Å². The van der Waals surface area contributed by atoms with E-state index in [1.165, 1.54) is 21.6 Å². The molecule has 2 atom stereocenters. The maximum absolute atomic E-state index is 12.9. The summed E-state index contributed by atoms with van der Waals surface area (Å²) in [6.45, 7) is 6.89. The minimum absolute atomic E-state index is 0.0382. The van der Waals surface area contributed by atoms with Crippen LogP contribution in [0.4, 0.5) is 11.6 Å². The molecule has 1 fully saturated rings. The number of Topliss-reactive ketones (excluding diaryl/α,β-unsaturated/α-hetero) is 1. The Balaban J connectivity index is 1.19. The van der Waals surface area contributed by atoms with E-state index in [-0.39, 0.29) is 12.5 Å². The third-order valence-electron chi connectivity index (χ3n) is 7.14. The summed E-state index contributed by atoms with van der Waals surface area (Å²) in [5.41, 5.74) is 6.48. The van der Waals surface area contributed by atoms with E-state index in [1.807, 2.05) is 12.3 Å². The molecule has 8 heteroatoms. The topological polar surface area (TPSA) is 92.9 Å². The van der Waals surface area contributed by atoms with Crippen LogP contribution >= 0.6 is 11.3 Å². The van der Waals surface area contributed by atoms with E-state index in [4.69, 9.17) is 5.11 Å². The van der Waals surface area contributed by atoms with Crippen molar-refractivity contribution in [2.24, 2.45) is 11.8 Å². The SMILES string of the molecule is CCc1sc(C(=O)C2C[C@@H]2CCc2ccc(-c3ccnc(Nc4cnn(CCO)c4)n3)cc2C)cc1C. The van der Waals surface area contributed by atoms with Crippen LogP contribution in [0.15, 0.2) is 48.9 Å². The Morgan fingerprint density at radius 1 is 1.22 bits per heavy atom. The van der Waals surface area contributed by atoms with Crippen LogP contribution in [0, 0.1) is 25.7 Å². The molecular weight excluding hydrogens is 482 g/mol. The summed E-state index contributed by atoms with van der Waals surface area (Å²) in [5.74, 6) is 1.54. The molecule has 0 radical (unpaired) electrons. The number of carbonyl (C=O) groups is 1. The number of thiophene rings is 1. The normalized spacial score (nSPS) is 16.6. The molecule has 5 rings (SSSR count).